The summed E-state index contributed by atoms with van der Waals surface area (Å²) in [5.41, 5.74) is 1.85. The maximum absolute atomic E-state index is 13.8. The first-order valence-electron chi connectivity index (χ1n) is 7.99. The second-order valence-electron chi connectivity index (χ2n) is 6.01. The molecule has 1 aromatic carbocycles. The lowest BCUT2D eigenvalue weighted by Gasteiger charge is -2.34. The van der Waals surface area contributed by atoms with Gasteiger partial charge in [-0.2, -0.15) is 0 Å². The number of hydrogen-bond acceptors (Lipinski definition) is 5. The average Bonchev–Trinajstić information content (AvgIpc) is 2.58. The Morgan fingerprint density at radius 2 is 1.96 bits per heavy atom. The van der Waals surface area contributed by atoms with Gasteiger partial charge in [0.2, 0.25) is 5.95 Å². The van der Waals surface area contributed by atoms with Gasteiger partial charge in [-0.3, -0.25) is 0 Å². The first-order valence-corrected chi connectivity index (χ1v) is 8.79. The van der Waals surface area contributed by atoms with E-state index < -0.39 is 0 Å². The van der Waals surface area contributed by atoms with E-state index in [1.54, 1.807) is 18.5 Å². The van der Waals surface area contributed by atoms with Crippen LogP contribution in [0.2, 0.25) is 0 Å². The summed E-state index contributed by atoms with van der Waals surface area (Å²) in [6.45, 7) is 3.49. The van der Waals surface area contributed by atoms with Crippen LogP contribution in [0.3, 0.4) is 0 Å². The van der Waals surface area contributed by atoms with Crippen molar-refractivity contribution in [3.63, 3.8) is 0 Å². The smallest absolute Gasteiger partial charge is 0.223 e. The zero-order valence-corrected chi connectivity index (χ0v) is 15.0. The second-order valence-corrected chi connectivity index (χ2v) is 6.93. The Bertz CT molecular complexity index is 689. The molecule has 1 fully saturated rings. The molecule has 0 bridgehead atoms. The monoisotopic (exact) mass is 394 g/mol. The molecule has 1 aliphatic rings. The summed E-state index contributed by atoms with van der Waals surface area (Å²) in [6, 6.07) is 4.69. The van der Waals surface area contributed by atoms with Gasteiger partial charge in [-0.05, 0) is 53.9 Å². The van der Waals surface area contributed by atoms with Crippen LogP contribution < -0.4 is 10.2 Å². The van der Waals surface area contributed by atoms with E-state index in [-0.39, 0.29) is 18.0 Å². The van der Waals surface area contributed by atoms with Gasteiger partial charge in [0, 0.05) is 36.7 Å². The van der Waals surface area contributed by atoms with Crippen LogP contribution in [0, 0.1) is 5.82 Å². The number of nitrogens with zero attached hydrogens (tertiary/aromatic N) is 3. The third kappa shape index (κ3) is 4.02. The van der Waals surface area contributed by atoms with Crippen molar-refractivity contribution in [1.29, 1.82) is 0 Å². The van der Waals surface area contributed by atoms with Crippen molar-refractivity contribution in [2.24, 2.45) is 0 Å². The number of hydrogen-bond donors (Lipinski definition) is 2. The number of piperidine rings is 1. The standard InChI is InChI=1S/C17H20BrFN4O/c1-11(22-17-20-9-12(18)10-21-17)15-8-13(19)2-3-16(15)23-6-4-14(24)5-7-23/h2-3,8-11,14,24H,4-7H2,1H3,(H,20,21,22). The van der Waals surface area contributed by atoms with Crippen molar-refractivity contribution in [3.8, 4) is 0 Å². The van der Waals surface area contributed by atoms with E-state index in [9.17, 15) is 9.50 Å². The number of benzene rings is 1. The van der Waals surface area contributed by atoms with Gasteiger partial charge >= 0.3 is 0 Å². The minimum absolute atomic E-state index is 0.149. The Balaban J connectivity index is 1.82. The quantitative estimate of drug-likeness (QED) is 0.830. The van der Waals surface area contributed by atoms with Crippen LogP contribution in [0.5, 0.6) is 0 Å². The fraction of sp³-hybridized carbons (Fsp3) is 0.412. The van der Waals surface area contributed by atoms with Crippen molar-refractivity contribution in [3.05, 3.63) is 46.4 Å². The fourth-order valence-electron chi connectivity index (χ4n) is 2.93. The Morgan fingerprint density at radius 3 is 2.62 bits per heavy atom. The van der Waals surface area contributed by atoms with E-state index in [4.69, 9.17) is 0 Å². The lowest BCUT2D eigenvalue weighted by atomic mass is 10.0. The second kappa shape index (κ2) is 7.44. The molecule has 0 spiro atoms. The molecule has 0 amide bonds. The van der Waals surface area contributed by atoms with Gasteiger partial charge in [0.25, 0.3) is 0 Å². The molecule has 1 aliphatic heterocycles. The molecule has 2 N–H and O–H groups in total. The van der Waals surface area contributed by atoms with Crippen LogP contribution in [0.4, 0.5) is 16.0 Å². The van der Waals surface area contributed by atoms with E-state index >= 15 is 0 Å². The Labute approximate surface area is 149 Å². The number of aliphatic hydroxyl groups excluding tert-OH is 1. The van der Waals surface area contributed by atoms with Crippen molar-refractivity contribution in [1.82, 2.24) is 9.97 Å². The Morgan fingerprint density at radius 1 is 1.29 bits per heavy atom. The minimum Gasteiger partial charge on any atom is -0.393 e. The SMILES string of the molecule is CC(Nc1ncc(Br)cn1)c1cc(F)ccc1N1CCC(O)CC1. The first kappa shape index (κ1) is 17.1. The van der Waals surface area contributed by atoms with Gasteiger partial charge in [0.1, 0.15) is 5.82 Å². The van der Waals surface area contributed by atoms with E-state index in [0.717, 1.165) is 41.7 Å². The molecule has 0 saturated carbocycles. The summed E-state index contributed by atoms with van der Waals surface area (Å²) in [5, 5.41) is 12.9. The molecule has 1 aromatic heterocycles. The maximum atomic E-state index is 13.8. The largest absolute Gasteiger partial charge is 0.393 e. The van der Waals surface area contributed by atoms with Crippen molar-refractivity contribution < 1.29 is 9.50 Å². The number of anilines is 2. The van der Waals surface area contributed by atoms with Gasteiger partial charge < -0.3 is 15.3 Å². The van der Waals surface area contributed by atoms with Crippen LogP contribution in [0.25, 0.3) is 0 Å². The van der Waals surface area contributed by atoms with E-state index in [0.29, 0.717) is 5.95 Å². The van der Waals surface area contributed by atoms with Crippen molar-refractivity contribution >= 4 is 27.6 Å². The lowest BCUT2D eigenvalue weighted by Crippen LogP contribution is -2.36. The predicted octanol–water partition coefficient (Wildman–Crippen LogP) is 3.51. The van der Waals surface area contributed by atoms with Crippen LogP contribution >= 0.6 is 15.9 Å². The van der Waals surface area contributed by atoms with Crippen LogP contribution in [0.1, 0.15) is 31.4 Å². The summed E-state index contributed by atoms with van der Waals surface area (Å²) < 4.78 is 14.6. The summed E-state index contributed by atoms with van der Waals surface area (Å²) in [7, 11) is 0. The zero-order chi connectivity index (χ0) is 17.1. The third-order valence-electron chi connectivity index (χ3n) is 4.23. The molecule has 24 heavy (non-hydrogen) atoms. The van der Waals surface area contributed by atoms with Crippen molar-refractivity contribution in [2.45, 2.75) is 31.9 Å². The molecule has 3 rings (SSSR count). The number of halogens is 2. The van der Waals surface area contributed by atoms with Crippen molar-refractivity contribution in [2.75, 3.05) is 23.3 Å². The molecule has 0 radical (unpaired) electrons. The Kier molecular flexibility index (Phi) is 5.30. The van der Waals surface area contributed by atoms with E-state index in [1.165, 1.54) is 6.07 Å². The predicted molar refractivity (Wildman–Crippen MR) is 95.6 cm³/mol. The topological polar surface area (TPSA) is 61.3 Å². The first-order chi connectivity index (χ1) is 11.5. The van der Waals surface area contributed by atoms with Gasteiger partial charge in [0.15, 0.2) is 0 Å². The summed E-state index contributed by atoms with van der Waals surface area (Å²) in [4.78, 5) is 10.6. The number of rotatable bonds is 4. The molecule has 1 saturated heterocycles. The highest BCUT2D eigenvalue weighted by Gasteiger charge is 2.22. The average molecular weight is 395 g/mol. The molecule has 2 aromatic rings. The molecule has 1 unspecified atom stereocenters. The highest BCUT2D eigenvalue weighted by atomic mass is 79.9. The van der Waals surface area contributed by atoms with Gasteiger partial charge in [0.05, 0.1) is 16.6 Å². The molecule has 2 heterocycles. The molecule has 0 aliphatic carbocycles. The van der Waals surface area contributed by atoms with Gasteiger partial charge in [-0.15, -0.1) is 0 Å². The van der Waals surface area contributed by atoms with E-state index in [2.05, 4.69) is 36.1 Å². The van der Waals surface area contributed by atoms with Gasteiger partial charge in [-0.1, -0.05) is 0 Å². The molecular formula is C17H20BrFN4O. The normalized spacial score (nSPS) is 16.9. The summed E-state index contributed by atoms with van der Waals surface area (Å²) in [5.74, 6) is 0.228. The Hall–Kier alpha value is -1.73. The third-order valence-corrected chi connectivity index (χ3v) is 4.64. The number of aromatic nitrogens is 2. The summed E-state index contributed by atoms with van der Waals surface area (Å²) >= 11 is 3.31. The van der Waals surface area contributed by atoms with Crippen LogP contribution in [-0.4, -0.2) is 34.3 Å². The summed E-state index contributed by atoms with van der Waals surface area (Å²) in [6.07, 6.45) is 4.56. The lowest BCUT2D eigenvalue weighted by molar-refractivity contribution is 0.145. The fourth-order valence-corrected chi connectivity index (χ4v) is 3.13. The maximum Gasteiger partial charge on any atom is 0.223 e. The number of aliphatic hydroxyl groups is 1. The molecule has 1 atom stereocenters. The molecule has 5 nitrogen and oxygen atoms in total. The minimum atomic E-state index is -0.267. The highest BCUT2D eigenvalue weighted by Crippen LogP contribution is 2.31. The molecular weight excluding hydrogens is 375 g/mol. The van der Waals surface area contributed by atoms with Gasteiger partial charge in [-0.25, -0.2) is 14.4 Å². The number of nitrogens with one attached hydrogen (secondary N) is 1. The highest BCUT2D eigenvalue weighted by molar-refractivity contribution is 9.10. The molecule has 128 valence electrons. The zero-order valence-electron chi connectivity index (χ0n) is 13.4. The van der Waals surface area contributed by atoms with Crippen LogP contribution in [-0.2, 0) is 0 Å². The van der Waals surface area contributed by atoms with E-state index in [1.807, 2.05) is 13.0 Å². The molecule has 7 heteroatoms. The van der Waals surface area contributed by atoms with Crippen LogP contribution in [0.15, 0.2) is 35.1 Å².